The Morgan fingerprint density at radius 3 is 2.67 bits per heavy atom. The minimum absolute atomic E-state index is 0.604. The molecule has 1 aromatic carbocycles. The third kappa shape index (κ3) is 3.75. The van der Waals surface area contributed by atoms with Crippen LogP contribution in [0.3, 0.4) is 0 Å². The Morgan fingerprint density at radius 1 is 1.00 bits per heavy atom. The first-order chi connectivity index (χ1) is 11.9. The molecule has 0 bridgehead atoms. The van der Waals surface area contributed by atoms with Gasteiger partial charge in [-0.1, -0.05) is 43.2 Å². The lowest BCUT2D eigenvalue weighted by Gasteiger charge is -2.27. The molecule has 2 N–H and O–H groups in total. The molecule has 1 aromatic heterocycles. The van der Waals surface area contributed by atoms with Crippen LogP contribution in [-0.2, 0) is 19.4 Å². The van der Waals surface area contributed by atoms with Crippen molar-refractivity contribution in [1.29, 1.82) is 0 Å². The molecule has 4 rings (SSSR count). The number of anilines is 1. The maximum absolute atomic E-state index is 4.74. The maximum Gasteiger partial charge on any atom is 0.223 e. The van der Waals surface area contributed by atoms with Crippen LogP contribution in [-0.4, -0.2) is 22.1 Å². The summed E-state index contributed by atoms with van der Waals surface area (Å²) in [6.07, 6.45) is 10.8. The number of fused-ring (bicyclic) bond motifs is 1. The molecule has 2 aromatic rings. The van der Waals surface area contributed by atoms with E-state index in [2.05, 4.69) is 39.9 Å². The molecule has 0 amide bonds. The summed E-state index contributed by atoms with van der Waals surface area (Å²) in [5.41, 5.74) is 3.80. The van der Waals surface area contributed by atoms with Gasteiger partial charge in [-0.15, -0.1) is 0 Å². The molecule has 0 aliphatic heterocycles. The molecular formula is C20H26N4. The Labute approximate surface area is 144 Å². The molecular weight excluding hydrogens is 296 g/mol. The van der Waals surface area contributed by atoms with E-state index < -0.39 is 0 Å². The van der Waals surface area contributed by atoms with Crippen molar-refractivity contribution in [2.75, 3.05) is 5.32 Å². The molecule has 0 saturated heterocycles. The minimum atomic E-state index is 0.604. The highest BCUT2D eigenvalue weighted by atomic mass is 15.1. The topological polar surface area (TPSA) is 49.8 Å². The average Bonchev–Trinajstić information content (AvgIpc) is 3.14. The first-order valence-corrected chi connectivity index (χ1v) is 9.25. The number of nitrogens with zero attached hydrogens (tertiary/aromatic N) is 2. The van der Waals surface area contributed by atoms with E-state index in [1.165, 1.54) is 48.9 Å². The highest BCUT2D eigenvalue weighted by Gasteiger charge is 2.24. The van der Waals surface area contributed by atoms with E-state index in [0.29, 0.717) is 6.04 Å². The number of nitrogens with one attached hydrogen (secondary N) is 2. The van der Waals surface area contributed by atoms with Crippen molar-refractivity contribution in [3.63, 3.8) is 0 Å². The average molecular weight is 322 g/mol. The molecule has 0 spiro atoms. The monoisotopic (exact) mass is 322 g/mol. The summed E-state index contributed by atoms with van der Waals surface area (Å²) in [5.74, 6) is 0.750. The van der Waals surface area contributed by atoms with Crippen molar-refractivity contribution in [3.8, 4) is 0 Å². The fourth-order valence-electron chi connectivity index (χ4n) is 3.94. The Morgan fingerprint density at radius 2 is 1.83 bits per heavy atom. The molecule has 2 aliphatic carbocycles. The lowest BCUT2D eigenvalue weighted by molar-refractivity contribution is 0.392. The Bertz CT molecular complexity index is 665. The van der Waals surface area contributed by atoms with Crippen LogP contribution < -0.4 is 10.6 Å². The predicted molar refractivity (Wildman–Crippen MR) is 97.0 cm³/mol. The molecule has 0 unspecified atom stereocenters. The van der Waals surface area contributed by atoms with Crippen LogP contribution >= 0.6 is 0 Å². The van der Waals surface area contributed by atoms with Crippen molar-refractivity contribution >= 4 is 5.95 Å². The van der Waals surface area contributed by atoms with Gasteiger partial charge in [0, 0.05) is 30.5 Å². The van der Waals surface area contributed by atoms with E-state index in [1.54, 1.807) is 0 Å². The maximum atomic E-state index is 4.74. The summed E-state index contributed by atoms with van der Waals surface area (Å²) in [5, 5.41) is 7.19. The Hall–Kier alpha value is -1.94. The van der Waals surface area contributed by atoms with E-state index >= 15 is 0 Å². The highest BCUT2D eigenvalue weighted by molar-refractivity contribution is 5.33. The summed E-state index contributed by atoms with van der Waals surface area (Å²) in [4.78, 5) is 9.27. The standard InChI is InChI=1S/C20H26N4/c1-2-6-15(7-3-1)13-21-20-22-14-16-12-18(10-11-19(16)24-20)23-17-8-4-5-9-17/h1-3,6-7,14,17-18,23H,4-5,8-13H2,(H,21,22,24)/t18-/m0/s1. The van der Waals surface area contributed by atoms with Crippen LogP contribution in [0.2, 0.25) is 0 Å². The zero-order valence-electron chi connectivity index (χ0n) is 14.2. The lowest BCUT2D eigenvalue weighted by atomic mass is 9.92. The molecule has 1 atom stereocenters. The molecule has 1 heterocycles. The normalized spacial score (nSPS) is 20.8. The van der Waals surface area contributed by atoms with Gasteiger partial charge in [0.2, 0.25) is 5.95 Å². The first-order valence-electron chi connectivity index (χ1n) is 9.25. The zero-order valence-corrected chi connectivity index (χ0v) is 14.2. The second-order valence-electron chi connectivity index (χ2n) is 7.09. The predicted octanol–water partition coefficient (Wildman–Crippen LogP) is 3.48. The highest BCUT2D eigenvalue weighted by Crippen LogP contribution is 2.24. The second kappa shape index (κ2) is 7.31. The Balaban J connectivity index is 1.36. The molecule has 1 saturated carbocycles. The summed E-state index contributed by atoms with van der Waals surface area (Å²) in [6.45, 7) is 0.769. The van der Waals surface area contributed by atoms with Gasteiger partial charge in [-0.2, -0.15) is 0 Å². The van der Waals surface area contributed by atoms with Crippen LogP contribution in [0.5, 0.6) is 0 Å². The van der Waals surface area contributed by atoms with E-state index in [0.717, 1.165) is 31.4 Å². The number of benzene rings is 1. The van der Waals surface area contributed by atoms with Crippen LogP contribution in [0.4, 0.5) is 5.95 Å². The van der Waals surface area contributed by atoms with E-state index in [1.807, 2.05) is 12.3 Å². The summed E-state index contributed by atoms with van der Waals surface area (Å²) >= 11 is 0. The van der Waals surface area contributed by atoms with Gasteiger partial charge in [0.05, 0.1) is 0 Å². The number of aryl methyl sites for hydroxylation is 1. The molecule has 0 radical (unpaired) electrons. The van der Waals surface area contributed by atoms with Gasteiger partial charge >= 0.3 is 0 Å². The van der Waals surface area contributed by atoms with Gasteiger partial charge in [-0.25, -0.2) is 9.97 Å². The van der Waals surface area contributed by atoms with Gasteiger partial charge in [0.25, 0.3) is 0 Å². The molecule has 126 valence electrons. The van der Waals surface area contributed by atoms with Crippen LogP contribution in [0, 0.1) is 0 Å². The zero-order chi connectivity index (χ0) is 16.2. The molecule has 1 fully saturated rings. The largest absolute Gasteiger partial charge is 0.350 e. The van der Waals surface area contributed by atoms with E-state index in [-0.39, 0.29) is 0 Å². The number of hydrogen-bond acceptors (Lipinski definition) is 4. The van der Waals surface area contributed by atoms with Gasteiger partial charge in [0.1, 0.15) is 0 Å². The van der Waals surface area contributed by atoms with Crippen LogP contribution in [0.1, 0.15) is 48.9 Å². The smallest absolute Gasteiger partial charge is 0.223 e. The first kappa shape index (κ1) is 15.6. The quantitative estimate of drug-likeness (QED) is 0.885. The van der Waals surface area contributed by atoms with Gasteiger partial charge in [-0.3, -0.25) is 0 Å². The summed E-state index contributed by atoms with van der Waals surface area (Å²) < 4.78 is 0. The number of aromatic nitrogens is 2. The van der Waals surface area contributed by atoms with Gasteiger partial charge in [0.15, 0.2) is 0 Å². The van der Waals surface area contributed by atoms with Crippen LogP contribution in [0.15, 0.2) is 36.5 Å². The van der Waals surface area contributed by atoms with Crippen molar-refractivity contribution in [2.24, 2.45) is 0 Å². The molecule has 4 heteroatoms. The number of hydrogen-bond donors (Lipinski definition) is 2. The fraction of sp³-hybridized carbons (Fsp3) is 0.500. The summed E-state index contributed by atoms with van der Waals surface area (Å²) in [7, 11) is 0. The Kier molecular flexibility index (Phi) is 4.74. The third-order valence-electron chi connectivity index (χ3n) is 5.27. The third-order valence-corrected chi connectivity index (χ3v) is 5.27. The SMILES string of the molecule is c1ccc(CNc2ncc3c(n2)CC[C@H](NC2CCCC2)C3)cc1. The van der Waals surface area contributed by atoms with E-state index in [4.69, 9.17) is 4.98 Å². The van der Waals surface area contributed by atoms with Gasteiger partial charge < -0.3 is 10.6 Å². The second-order valence-corrected chi connectivity index (χ2v) is 7.09. The van der Waals surface area contributed by atoms with Crippen molar-refractivity contribution in [3.05, 3.63) is 53.3 Å². The summed E-state index contributed by atoms with van der Waals surface area (Å²) in [6, 6.07) is 11.7. The van der Waals surface area contributed by atoms with E-state index in [9.17, 15) is 0 Å². The minimum Gasteiger partial charge on any atom is -0.350 e. The lowest BCUT2D eigenvalue weighted by Crippen LogP contribution is -2.40. The molecule has 2 aliphatic rings. The van der Waals surface area contributed by atoms with Crippen molar-refractivity contribution < 1.29 is 0 Å². The van der Waals surface area contributed by atoms with Crippen molar-refractivity contribution in [2.45, 2.75) is 63.6 Å². The van der Waals surface area contributed by atoms with Crippen LogP contribution in [0.25, 0.3) is 0 Å². The number of rotatable bonds is 5. The fourth-order valence-corrected chi connectivity index (χ4v) is 3.94. The van der Waals surface area contributed by atoms with Gasteiger partial charge in [-0.05, 0) is 43.2 Å². The molecule has 24 heavy (non-hydrogen) atoms. The van der Waals surface area contributed by atoms with Crippen molar-refractivity contribution in [1.82, 2.24) is 15.3 Å². The molecule has 4 nitrogen and oxygen atoms in total.